The zero-order valence-electron chi connectivity index (χ0n) is 8.30. The highest BCUT2D eigenvalue weighted by Crippen LogP contribution is 2.26. The molecule has 0 saturated heterocycles. The molecular weight excluding hydrogens is 188 g/mol. The predicted molar refractivity (Wildman–Crippen MR) is 57.7 cm³/mol. The van der Waals surface area contributed by atoms with Gasteiger partial charge in [0.15, 0.2) is 0 Å². The van der Waals surface area contributed by atoms with Crippen LogP contribution in [0.3, 0.4) is 0 Å². The number of anilines is 1. The molecular formula is C11H12N4. The van der Waals surface area contributed by atoms with Crippen LogP contribution in [0, 0.1) is 0 Å². The van der Waals surface area contributed by atoms with E-state index >= 15 is 0 Å². The van der Waals surface area contributed by atoms with Crippen molar-refractivity contribution < 1.29 is 0 Å². The highest BCUT2D eigenvalue weighted by atomic mass is 15.2. The summed E-state index contributed by atoms with van der Waals surface area (Å²) >= 11 is 0. The second-order valence-corrected chi connectivity index (χ2v) is 3.64. The first-order chi connectivity index (χ1) is 7.45. The lowest BCUT2D eigenvalue weighted by Gasteiger charge is -2.25. The fourth-order valence-corrected chi connectivity index (χ4v) is 2.02. The van der Waals surface area contributed by atoms with Gasteiger partial charge in [-0.05, 0) is 18.6 Å². The first kappa shape index (κ1) is 8.47. The van der Waals surface area contributed by atoms with Gasteiger partial charge < -0.3 is 9.88 Å². The van der Waals surface area contributed by atoms with E-state index in [1.54, 1.807) is 0 Å². The largest absolute Gasteiger partial charge is 0.356 e. The molecule has 0 spiro atoms. The van der Waals surface area contributed by atoms with E-state index in [1.165, 1.54) is 0 Å². The zero-order valence-corrected chi connectivity index (χ0v) is 8.30. The minimum atomic E-state index is 0.324. The third-order valence-electron chi connectivity index (χ3n) is 2.73. The summed E-state index contributed by atoms with van der Waals surface area (Å²) in [5.41, 5.74) is 1.11. The molecule has 0 radical (unpaired) electrons. The number of nitrogens with one attached hydrogen (secondary N) is 1. The van der Waals surface area contributed by atoms with Crippen LogP contribution in [0.1, 0.15) is 18.2 Å². The van der Waals surface area contributed by atoms with E-state index in [1.807, 2.05) is 30.7 Å². The van der Waals surface area contributed by atoms with Gasteiger partial charge in [0.2, 0.25) is 5.95 Å². The molecule has 2 aromatic rings. The van der Waals surface area contributed by atoms with Crippen molar-refractivity contribution in [3.63, 3.8) is 0 Å². The average molecular weight is 200 g/mol. The van der Waals surface area contributed by atoms with Crippen LogP contribution in [0.2, 0.25) is 0 Å². The first-order valence-electron chi connectivity index (χ1n) is 5.13. The lowest BCUT2D eigenvalue weighted by Crippen LogP contribution is -2.23. The van der Waals surface area contributed by atoms with Gasteiger partial charge in [-0.15, -0.1) is 0 Å². The SMILES string of the molecule is c1ccc(C2CCNc3nccn32)nc1. The van der Waals surface area contributed by atoms with Gasteiger partial charge in [0.05, 0.1) is 11.7 Å². The first-order valence-corrected chi connectivity index (χ1v) is 5.13. The lowest BCUT2D eigenvalue weighted by atomic mass is 10.1. The molecule has 1 N–H and O–H groups in total. The summed E-state index contributed by atoms with van der Waals surface area (Å²) in [6, 6.07) is 6.37. The molecule has 0 saturated carbocycles. The molecule has 1 atom stereocenters. The van der Waals surface area contributed by atoms with Crippen molar-refractivity contribution >= 4 is 5.95 Å². The molecule has 2 aromatic heterocycles. The van der Waals surface area contributed by atoms with Crippen LogP contribution in [-0.2, 0) is 0 Å². The second-order valence-electron chi connectivity index (χ2n) is 3.64. The molecule has 0 fully saturated rings. The van der Waals surface area contributed by atoms with Crippen LogP contribution in [0.15, 0.2) is 36.8 Å². The van der Waals surface area contributed by atoms with Gasteiger partial charge in [-0.25, -0.2) is 4.98 Å². The third-order valence-corrected chi connectivity index (χ3v) is 2.73. The smallest absolute Gasteiger partial charge is 0.203 e. The molecule has 0 bridgehead atoms. The molecule has 1 aliphatic rings. The topological polar surface area (TPSA) is 42.7 Å². The maximum Gasteiger partial charge on any atom is 0.203 e. The number of nitrogens with zero attached hydrogens (tertiary/aromatic N) is 3. The van der Waals surface area contributed by atoms with Crippen molar-refractivity contribution in [2.45, 2.75) is 12.5 Å². The minimum Gasteiger partial charge on any atom is -0.356 e. The number of pyridine rings is 1. The monoisotopic (exact) mass is 200 g/mol. The number of hydrogen-bond acceptors (Lipinski definition) is 3. The number of imidazole rings is 1. The number of rotatable bonds is 1. The quantitative estimate of drug-likeness (QED) is 0.761. The summed E-state index contributed by atoms with van der Waals surface area (Å²) in [6.45, 7) is 0.957. The van der Waals surface area contributed by atoms with E-state index in [0.29, 0.717) is 6.04 Å². The maximum absolute atomic E-state index is 4.40. The standard InChI is InChI=1S/C11H12N4/c1-2-5-12-9(3-1)10-4-6-13-11-14-7-8-15(10)11/h1-3,5,7-8,10H,4,6H2,(H,13,14). The van der Waals surface area contributed by atoms with E-state index in [-0.39, 0.29) is 0 Å². The molecule has 15 heavy (non-hydrogen) atoms. The number of hydrogen-bond donors (Lipinski definition) is 1. The Kier molecular flexibility index (Phi) is 1.91. The Balaban J connectivity index is 2.03. The molecule has 0 aliphatic carbocycles. The van der Waals surface area contributed by atoms with E-state index in [0.717, 1.165) is 24.6 Å². The third kappa shape index (κ3) is 1.38. The average Bonchev–Trinajstić information content (AvgIpc) is 2.78. The molecule has 3 heterocycles. The Morgan fingerprint density at radius 3 is 3.13 bits per heavy atom. The fourth-order valence-electron chi connectivity index (χ4n) is 2.02. The van der Waals surface area contributed by atoms with Gasteiger partial charge in [-0.3, -0.25) is 4.98 Å². The Bertz CT molecular complexity index is 449. The highest BCUT2D eigenvalue weighted by molar-refractivity contribution is 5.31. The summed E-state index contributed by atoms with van der Waals surface area (Å²) in [5.74, 6) is 0.942. The van der Waals surface area contributed by atoms with Crippen molar-refractivity contribution in [1.29, 1.82) is 0 Å². The van der Waals surface area contributed by atoms with Gasteiger partial charge in [0, 0.05) is 25.1 Å². The van der Waals surface area contributed by atoms with Crippen LogP contribution < -0.4 is 5.32 Å². The summed E-state index contributed by atoms with van der Waals surface area (Å²) in [5, 5.41) is 3.27. The predicted octanol–water partition coefficient (Wildman–Crippen LogP) is 1.68. The fraction of sp³-hybridized carbons (Fsp3) is 0.273. The van der Waals surface area contributed by atoms with Crippen LogP contribution >= 0.6 is 0 Å². The van der Waals surface area contributed by atoms with Crippen LogP contribution in [0.5, 0.6) is 0 Å². The van der Waals surface area contributed by atoms with Gasteiger partial charge in [0.1, 0.15) is 0 Å². The molecule has 76 valence electrons. The van der Waals surface area contributed by atoms with Crippen molar-refractivity contribution in [2.75, 3.05) is 11.9 Å². The minimum absolute atomic E-state index is 0.324. The Labute approximate surface area is 88.0 Å². The van der Waals surface area contributed by atoms with Crippen molar-refractivity contribution in [3.05, 3.63) is 42.5 Å². The summed E-state index contributed by atoms with van der Waals surface area (Å²) in [6.07, 6.45) is 6.72. The number of fused-ring (bicyclic) bond motifs is 1. The molecule has 4 nitrogen and oxygen atoms in total. The lowest BCUT2D eigenvalue weighted by molar-refractivity contribution is 0.518. The Hall–Kier alpha value is -1.84. The molecule has 4 heteroatoms. The van der Waals surface area contributed by atoms with E-state index in [4.69, 9.17) is 0 Å². The van der Waals surface area contributed by atoms with E-state index < -0.39 is 0 Å². The Morgan fingerprint density at radius 2 is 2.27 bits per heavy atom. The summed E-state index contributed by atoms with van der Waals surface area (Å²) < 4.78 is 2.14. The van der Waals surface area contributed by atoms with E-state index in [2.05, 4.69) is 25.9 Å². The van der Waals surface area contributed by atoms with Gasteiger partial charge >= 0.3 is 0 Å². The summed E-state index contributed by atoms with van der Waals surface area (Å²) in [7, 11) is 0. The van der Waals surface area contributed by atoms with Crippen LogP contribution in [-0.4, -0.2) is 21.1 Å². The van der Waals surface area contributed by atoms with Crippen molar-refractivity contribution in [1.82, 2.24) is 14.5 Å². The molecule has 1 aliphatic heterocycles. The van der Waals surface area contributed by atoms with Crippen LogP contribution in [0.25, 0.3) is 0 Å². The molecule has 0 aromatic carbocycles. The second kappa shape index (κ2) is 3.38. The normalized spacial score (nSPS) is 19.3. The van der Waals surface area contributed by atoms with E-state index in [9.17, 15) is 0 Å². The number of aromatic nitrogens is 3. The molecule has 0 amide bonds. The van der Waals surface area contributed by atoms with Crippen LogP contribution in [0.4, 0.5) is 5.95 Å². The highest BCUT2D eigenvalue weighted by Gasteiger charge is 2.21. The van der Waals surface area contributed by atoms with Gasteiger partial charge in [0.25, 0.3) is 0 Å². The van der Waals surface area contributed by atoms with Gasteiger partial charge in [-0.1, -0.05) is 6.07 Å². The Morgan fingerprint density at radius 1 is 1.27 bits per heavy atom. The van der Waals surface area contributed by atoms with Crippen molar-refractivity contribution in [3.8, 4) is 0 Å². The van der Waals surface area contributed by atoms with Gasteiger partial charge in [-0.2, -0.15) is 0 Å². The zero-order chi connectivity index (χ0) is 10.1. The molecule has 1 unspecified atom stereocenters. The van der Waals surface area contributed by atoms with Crippen molar-refractivity contribution in [2.24, 2.45) is 0 Å². The molecule has 3 rings (SSSR count). The summed E-state index contributed by atoms with van der Waals surface area (Å²) in [4.78, 5) is 8.66. The maximum atomic E-state index is 4.40.